The van der Waals surface area contributed by atoms with Crippen LogP contribution in [0.5, 0.6) is 5.88 Å². The van der Waals surface area contributed by atoms with Crippen LogP contribution in [0.2, 0.25) is 0 Å². The lowest BCUT2D eigenvalue weighted by molar-refractivity contribution is -0.175. The van der Waals surface area contributed by atoms with Crippen LogP contribution < -0.4 is 20.7 Å². The van der Waals surface area contributed by atoms with Gasteiger partial charge in [-0.1, -0.05) is 27.7 Å². The lowest BCUT2D eigenvalue weighted by atomic mass is 9.94. The molecule has 4 amide bonds. The fourth-order valence-electron chi connectivity index (χ4n) is 6.43. The van der Waals surface area contributed by atoms with Crippen molar-refractivity contribution in [2.75, 3.05) is 19.7 Å². The number of carbonyl (C=O) groups excluding carboxylic acids is 5. The molecule has 3 aliphatic rings. The van der Waals surface area contributed by atoms with Gasteiger partial charge in [0.25, 0.3) is 0 Å². The van der Waals surface area contributed by atoms with E-state index < -0.39 is 95.3 Å². The summed E-state index contributed by atoms with van der Waals surface area (Å²) >= 11 is 0. The summed E-state index contributed by atoms with van der Waals surface area (Å²) in [4.78, 5) is 65.9. The van der Waals surface area contributed by atoms with Crippen LogP contribution in [0.15, 0.2) is 6.07 Å². The molecule has 2 saturated heterocycles. The maximum absolute atomic E-state index is 13.9. The summed E-state index contributed by atoms with van der Waals surface area (Å²) in [6.07, 6.45) is -9.81. The molecule has 3 N–H and O–H groups in total. The molecule has 1 aliphatic carbocycles. The van der Waals surface area contributed by atoms with Crippen LogP contribution in [0.25, 0.3) is 0 Å². The van der Waals surface area contributed by atoms with E-state index in [0.29, 0.717) is 23.7 Å². The van der Waals surface area contributed by atoms with Crippen molar-refractivity contribution in [1.29, 1.82) is 0 Å². The SMILES string of the molecule is CC(C)C(NC(=O)C(F)(F)F)C(=O)N1C[C@H]2[C@@H]([C@H]1C(=O)N[C@@H](C[C@@H]1CCNC1=O)C(=O)COc1cc(C(F)(F)F)n(C)n1)C2(C)C. The highest BCUT2D eigenvalue weighted by molar-refractivity contribution is 5.97. The first-order valence-corrected chi connectivity index (χ1v) is 14.7. The quantitative estimate of drug-likeness (QED) is 0.304. The van der Waals surface area contributed by atoms with Crippen molar-refractivity contribution in [2.24, 2.45) is 36.1 Å². The van der Waals surface area contributed by atoms with E-state index in [9.17, 15) is 50.3 Å². The van der Waals surface area contributed by atoms with Gasteiger partial charge >= 0.3 is 18.3 Å². The average molecular weight is 667 g/mol. The second kappa shape index (κ2) is 12.4. The van der Waals surface area contributed by atoms with E-state index in [1.54, 1.807) is 5.32 Å². The van der Waals surface area contributed by atoms with E-state index in [4.69, 9.17) is 4.74 Å². The fourth-order valence-corrected chi connectivity index (χ4v) is 6.43. The van der Waals surface area contributed by atoms with Crippen molar-refractivity contribution in [3.8, 4) is 5.88 Å². The van der Waals surface area contributed by atoms with Gasteiger partial charge in [-0.05, 0) is 36.0 Å². The number of likely N-dealkylation sites (tertiary alicyclic amines) is 1. The van der Waals surface area contributed by atoms with Crippen molar-refractivity contribution in [2.45, 2.75) is 71.0 Å². The summed E-state index contributed by atoms with van der Waals surface area (Å²) in [5, 5.41) is 10.5. The first-order chi connectivity index (χ1) is 21.1. The van der Waals surface area contributed by atoms with Crippen molar-refractivity contribution >= 4 is 29.4 Å². The van der Waals surface area contributed by atoms with Crippen LogP contribution in [0.4, 0.5) is 26.3 Å². The predicted octanol–water partition coefficient (Wildman–Crippen LogP) is 1.58. The maximum atomic E-state index is 13.9. The highest BCUT2D eigenvalue weighted by atomic mass is 19.4. The topological polar surface area (TPSA) is 152 Å². The molecular weight excluding hydrogens is 630 g/mol. The number of ketones is 1. The summed E-state index contributed by atoms with van der Waals surface area (Å²) in [5.41, 5.74) is -1.55. The van der Waals surface area contributed by atoms with E-state index in [2.05, 4.69) is 15.7 Å². The Balaban J connectivity index is 1.55. The van der Waals surface area contributed by atoms with Gasteiger partial charge in [0.15, 0.2) is 12.4 Å². The molecule has 2 aliphatic heterocycles. The van der Waals surface area contributed by atoms with Gasteiger partial charge in [0.05, 0.1) is 6.04 Å². The Labute approximate surface area is 259 Å². The molecule has 1 aromatic heterocycles. The number of fused-ring (bicyclic) bond motifs is 1. The number of Topliss-reactive ketones (excluding diaryl/α,β-unsaturated/α-hetero) is 1. The number of rotatable bonds is 11. The van der Waals surface area contributed by atoms with E-state index in [1.807, 2.05) is 13.8 Å². The molecule has 6 atom stereocenters. The molecule has 0 bridgehead atoms. The monoisotopic (exact) mass is 666 g/mol. The smallest absolute Gasteiger partial charge is 0.469 e. The van der Waals surface area contributed by atoms with Crippen LogP contribution in [0, 0.1) is 29.1 Å². The van der Waals surface area contributed by atoms with E-state index in [1.165, 1.54) is 13.8 Å². The lowest BCUT2D eigenvalue weighted by Gasteiger charge is -2.35. The molecule has 1 saturated carbocycles. The number of alkyl halides is 6. The van der Waals surface area contributed by atoms with Gasteiger partial charge in [-0.25, -0.2) is 0 Å². The number of amides is 4. The minimum Gasteiger partial charge on any atom is -0.469 e. The highest BCUT2D eigenvalue weighted by Gasteiger charge is 2.69. The number of nitrogens with zero attached hydrogens (tertiary/aromatic N) is 3. The summed E-state index contributed by atoms with van der Waals surface area (Å²) in [5.74, 6) is -7.72. The zero-order valence-electron chi connectivity index (χ0n) is 25.7. The second-order valence-electron chi connectivity index (χ2n) is 12.9. The Morgan fingerprint density at radius 1 is 1.13 bits per heavy atom. The third kappa shape index (κ3) is 7.09. The van der Waals surface area contributed by atoms with Gasteiger partial charge in [0.2, 0.25) is 23.6 Å². The van der Waals surface area contributed by atoms with Crippen LogP contribution in [-0.4, -0.2) is 88.1 Å². The Morgan fingerprint density at radius 2 is 1.78 bits per heavy atom. The van der Waals surface area contributed by atoms with E-state index >= 15 is 0 Å². The van der Waals surface area contributed by atoms with Crippen molar-refractivity contribution < 1.29 is 55.1 Å². The number of carbonyl (C=O) groups is 5. The third-order valence-corrected chi connectivity index (χ3v) is 9.14. The minimum absolute atomic E-state index is 0.0215. The molecule has 3 fully saturated rings. The first-order valence-electron chi connectivity index (χ1n) is 14.7. The number of piperidine rings is 1. The second-order valence-corrected chi connectivity index (χ2v) is 12.9. The van der Waals surface area contributed by atoms with Crippen LogP contribution in [-0.2, 0) is 37.2 Å². The van der Waals surface area contributed by atoms with Gasteiger partial charge in [0.1, 0.15) is 17.8 Å². The van der Waals surface area contributed by atoms with Gasteiger partial charge in [-0.15, -0.1) is 5.10 Å². The molecule has 12 nitrogen and oxygen atoms in total. The Hall–Kier alpha value is -3.86. The molecule has 4 rings (SSSR count). The summed E-state index contributed by atoms with van der Waals surface area (Å²) in [7, 11) is 1.04. The number of aryl methyl sites for hydroxylation is 1. The largest absolute Gasteiger partial charge is 0.471 e. The van der Waals surface area contributed by atoms with Crippen LogP contribution in [0.1, 0.15) is 46.2 Å². The standard InChI is InChI=1S/C28H36F6N6O6/c1-12(2)20(37-25(45)28(32,33)34)24(44)40-10-14-19(26(14,3)4)21(40)23(43)36-15(8-13-6-7-35-22(13)42)16(41)11-46-18-9-17(27(29,30)31)39(5)38-18/h9,12-15,19-21H,6-8,10-11H2,1-5H3,(H,35,42)(H,36,43)(H,37,45)/t13-,14-,15-,19-,20?,21-/m0/s1. The number of hydrogen-bond donors (Lipinski definition) is 3. The molecule has 3 heterocycles. The molecule has 18 heteroatoms. The number of nitrogens with one attached hydrogen (secondary N) is 3. The molecule has 1 aromatic rings. The molecule has 46 heavy (non-hydrogen) atoms. The van der Waals surface area contributed by atoms with Crippen molar-refractivity contribution in [1.82, 2.24) is 30.6 Å². The van der Waals surface area contributed by atoms with Gasteiger partial charge in [-0.2, -0.15) is 26.3 Å². The van der Waals surface area contributed by atoms with Crippen LogP contribution >= 0.6 is 0 Å². The zero-order chi connectivity index (χ0) is 34.5. The summed E-state index contributed by atoms with van der Waals surface area (Å²) in [6, 6.07) is -3.57. The van der Waals surface area contributed by atoms with Gasteiger partial charge < -0.3 is 25.6 Å². The van der Waals surface area contributed by atoms with E-state index in [-0.39, 0.29) is 24.8 Å². The number of hydrogen-bond acceptors (Lipinski definition) is 7. The van der Waals surface area contributed by atoms with Crippen molar-refractivity contribution in [3.05, 3.63) is 11.8 Å². The minimum atomic E-state index is -5.24. The predicted molar refractivity (Wildman–Crippen MR) is 145 cm³/mol. The fraction of sp³-hybridized carbons (Fsp3) is 0.714. The molecule has 0 spiro atoms. The normalized spacial score (nSPS) is 25.0. The molecule has 1 unspecified atom stereocenters. The van der Waals surface area contributed by atoms with Crippen molar-refractivity contribution in [3.63, 3.8) is 0 Å². The third-order valence-electron chi connectivity index (χ3n) is 9.14. The van der Waals surface area contributed by atoms with E-state index in [0.717, 1.165) is 11.9 Å². The highest BCUT2D eigenvalue weighted by Crippen LogP contribution is 2.65. The number of aromatic nitrogens is 2. The first kappa shape index (κ1) is 35.0. The summed E-state index contributed by atoms with van der Waals surface area (Å²) in [6.45, 7) is 6.14. The number of halogens is 6. The van der Waals surface area contributed by atoms with Crippen LogP contribution in [0.3, 0.4) is 0 Å². The maximum Gasteiger partial charge on any atom is 0.471 e. The Morgan fingerprint density at radius 3 is 2.30 bits per heavy atom. The zero-order valence-corrected chi connectivity index (χ0v) is 25.7. The average Bonchev–Trinajstić information content (AvgIpc) is 3.42. The molecule has 0 aromatic carbocycles. The molecule has 0 radical (unpaired) electrons. The Bertz CT molecular complexity index is 1390. The number of ether oxygens (including phenoxy) is 1. The molecule has 256 valence electrons. The lowest BCUT2D eigenvalue weighted by Crippen LogP contribution is -2.59. The molecular formula is C28H36F6N6O6. The van der Waals surface area contributed by atoms with Gasteiger partial charge in [0, 0.05) is 32.1 Å². The summed E-state index contributed by atoms with van der Waals surface area (Å²) < 4.78 is 84.3. The van der Waals surface area contributed by atoms with Gasteiger partial charge in [-0.3, -0.25) is 28.7 Å². The Kier molecular flexibility index (Phi) is 9.43.